The minimum atomic E-state index is 0.822. The zero-order valence-electron chi connectivity index (χ0n) is 14.3. The fourth-order valence-electron chi connectivity index (χ4n) is 2.72. The van der Waals surface area contributed by atoms with E-state index in [0.717, 1.165) is 43.1 Å². The maximum Gasteiger partial charge on any atom is 0.120 e. The summed E-state index contributed by atoms with van der Waals surface area (Å²) in [6.07, 6.45) is 3.62. The first-order valence-corrected chi connectivity index (χ1v) is 10.1. The van der Waals surface area contributed by atoms with E-state index in [9.17, 15) is 0 Å². The van der Waals surface area contributed by atoms with Gasteiger partial charge in [-0.15, -0.1) is 0 Å². The molecule has 0 aliphatic rings. The standard InChI is InChI=1S/C20H16N2O2S2/c1-23-15-9-13-5-3-7-21-19(13)17(11-15)25-26-18-12-16(24-2)10-14-6-4-8-22-20(14)18/h3-12H,1-2H3. The van der Waals surface area contributed by atoms with Gasteiger partial charge in [0.15, 0.2) is 0 Å². The average molecular weight is 380 g/mol. The number of pyridine rings is 2. The van der Waals surface area contributed by atoms with Gasteiger partial charge in [-0.25, -0.2) is 0 Å². The van der Waals surface area contributed by atoms with Gasteiger partial charge in [0.05, 0.1) is 25.3 Å². The summed E-state index contributed by atoms with van der Waals surface area (Å²) in [4.78, 5) is 11.2. The van der Waals surface area contributed by atoms with E-state index < -0.39 is 0 Å². The Labute approximate surface area is 159 Å². The van der Waals surface area contributed by atoms with Crippen LogP contribution < -0.4 is 9.47 Å². The summed E-state index contributed by atoms with van der Waals surface area (Å²) >= 11 is 0. The first-order chi connectivity index (χ1) is 12.8. The lowest BCUT2D eigenvalue weighted by molar-refractivity contribution is 0.414. The van der Waals surface area contributed by atoms with E-state index in [1.165, 1.54) is 0 Å². The van der Waals surface area contributed by atoms with Crippen molar-refractivity contribution in [2.75, 3.05) is 14.2 Å². The third-order valence-electron chi connectivity index (χ3n) is 3.98. The smallest absolute Gasteiger partial charge is 0.120 e. The van der Waals surface area contributed by atoms with Gasteiger partial charge >= 0.3 is 0 Å². The van der Waals surface area contributed by atoms with Crippen LogP contribution in [-0.4, -0.2) is 24.2 Å². The van der Waals surface area contributed by atoms with Gasteiger partial charge in [0.2, 0.25) is 0 Å². The number of ether oxygens (including phenoxy) is 2. The maximum absolute atomic E-state index is 5.44. The summed E-state index contributed by atoms with van der Waals surface area (Å²) in [5.41, 5.74) is 1.93. The van der Waals surface area contributed by atoms with Crippen molar-refractivity contribution in [2.45, 2.75) is 9.79 Å². The highest BCUT2D eigenvalue weighted by atomic mass is 33.1. The Bertz CT molecular complexity index is 998. The number of rotatable bonds is 5. The lowest BCUT2D eigenvalue weighted by Crippen LogP contribution is -1.88. The van der Waals surface area contributed by atoms with Crippen molar-refractivity contribution in [3.05, 3.63) is 60.9 Å². The van der Waals surface area contributed by atoms with Crippen molar-refractivity contribution in [1.82, 2.24) is 9.97 Å². The number of hydrogen-bond donors (Lipinski definition) is 0. The van der Waals surface area contributed by atoms with Gasteiger partial charge in [-0.05, 0) is 36.4 Å². The Morgan fingerprint density at radius 3 is 1.58 bits per heavy atom. The topological polar surface area (TPSA) is 44.2 Å². The van der Waals surface area contributed by atoms with Crippen LogP contribution >= 0.6 is 21.6 Å². The fraction of sp³-hybridized carbons (Fsp3) is 0.100. The van der Waals surface area contributed by atoms with Crippen LogP contribution in [0.4, 0.5) is 0 Å². The average Bonchev–Trinajstić information content (AvgIpc) is 2.71. The third-order valence-corrected chi connectivity index (χ3v) is 6.37. The molecule has 0 unspecified atom stereocenters. The monoisotopic (exact) mass is 380 g/mol. The second-order valence-electron chi connectivity index (χ2n) is 5.57. The molecule has 6 heteroatoms. The number of benzene rings is 2. The molecule has 130 valence electrons. The molecule has 0 N–H and O–H groups in total. The van der Waals surface area contributed by atoms with Crippen LogP contribution in [0.15, 0.2) is 70.7 Å². The van der Waals surface area contributed by atoms with Crippen LogP contribution in [-0.2, 0) is 0 Å². The van der Waals surface area contributed by atoms with Crippen LogP contribution in [0.3, 0.4) is 0 Å². The molecule has 0 fully saturated rings. The van der Waals surface area contributed by atoms with E-state index in [1.54, 1.807) is 35.8 Å². The van der Waals surface area contributed by atoms with E-state index in [1.807, 2.05) is 60.9 Å². The van der Waals surface area contributed by atoms with E-state index in [2.05, 4.69) is 9.97 Å². The van der Waals surface area contributed by atoms with Crippen molar-refractivity contribution < 1.29 is 9.47 Å². The van der Waals surface area contributed by atoms with Crippen LogP contribution in [0.25, 0.3) is 21.8 Å². The van der Waals surface area contributed by atoms with E-state index in [0.29, 0.717) is 0 Å². The quantitative estimate of drug-likeness (QED) is 0.420. The second kappa shape index (κ2) is 7.43. The highest BCUT2D eigenvalue weighted by Gasteiger charge is 2.11. The number of methoxy groups -OCH3 is 2. The number of hydrogen-bond acceptors (Lipinski definition) is 6. The molecule has 0 saturated carbocycles. The normalized spacial score (nSPS) is 11.0. The highest BCUT2D eigenvalue weighted by molar-refractivity contribution is 8.76. The first kappa shape index (κ1) is 17.0. The summed E-state index contributed by atoms with van der Waals surface area (Å²) in [5, 5.41) is 2.12. The summed E-state index contributed by atoms with van der Waals surface area (Å²) in [5.74, 6) is 1.64. The van der Waals surface area contributed by atoms with Crippen LogP contribution in [0.2, 0.25) is 0 Å². The number of aromatic nitrogens is 2. The Morgan fingerprint density at radius 1 is 0.692 bits per heavy atom. The molecule has 0 aliphatic heterocycles. The minimum absolute atomic E-state index is 0.822. The van der Waals surface area contributed by atoms with E-state index in [4.69, 9.17) is 9.47 Å². The van der Waals surface area contributed by atoms with Gasteiger partial charge < -0.3 is 9.47 Å². The molecule has 0 aliphatic carbocycles. The third kappa shape index (κ3) is 3.30. The van der Waals surface area contributed by atoms with Crippen LogP contribution in [0.1, 0.15) is 0 Å². The molecule has 0 atom stereocenters. The largest absolute Gasteiger partial charge is 0.497 e. The molecule has 0 amide bonds. The molecule has 0 spiro atoms. The molecule has 0 radical (unpaired) electrons. The Hall–Kier alpha value is -2.44. The Morgan fingerprint density at radius 2 is 1.15 bits per heavy atom. The zero-order chi connectivity index (χ0) is 17.9. The SMILES string of the molecule is COc1cc(SSc2cc(OC)cc3cccnc23)c2ncccc2c1. The van der Waals surface area contributed by atoms with Gasteiger partial charge in [-0.2, -0.15) is 0 Å². The van der Waals surface area contributed by atoms with Crippen molar-refractivity contribution >= 4 is 43.4 Å². The number of nitrogens with zero attached hydrogens (tertiary/aromatic N) is 2. The lowest BCUT2D eigenvalue weighted by Gasteiger charge is -2.10. The van der Waals surface area contributed by atoms with Gasteiger partial charge in [0.25, 0.3) is 0 Å². The maximum atomic E-state index is 5.44. The Kier molecular flexibility index (Phi) is 4.86. The molecule has 0 saturated heterocycles. The van der Waals surface area contributed by atoms with Crippen molar-refractivity contribution in [3.8, 4) is 11.5 Å². The molecule has 2 aromatic heterocycles. The molecule has 2 aromatic carbocycles. The van der Waals surface area contributed by atoms with Crippen molar-refractivity contribution in [1.29, 1.82) is 0 Å². The lowest BCUT2D eigenvalue weighted by atomic mass is 10.2. The zero-order valence-corrected chi connectivity index (χ0v) is 15.9. The van der Waals surface area contributed by atoms with Crippen molar-refractivity contribution in [3.63, 3.8) is 0 Å². The van der Waals surface area contributed by atoms with Gasteiger partial charge in [-0.1, -0.05) is 33.7 Å². The second-order valence-corrected chi connectivity index (χ2v) is 7.78. The molecule has 26 heavy (non-hydrogen) atoms. The number of fused-ring (bicyclic) bond motifs is 2. The summed E-state index contributed by atoms with van der Waals surface area (Å²) < 4.78 is 10.9. The van der Waals surface area contributed by atoms with Gasteiger partial charge in [0.1, 0.15) is 11.5 Å². The predicted molar refractivity (Wildman–Crippen MR) is 108 cm³/mol. The predicted octanol–water partition coefficient (Wildman–Crippen LogP) is 5.60. The van der Waals surface area contributed by atoms with Crippen LogP contribution in [0, 0.1) is 0 Å². The van der Waals surface area contributed by atoms with Gasteiger partial charge in [-0.3, -0.25) is 9.97 Å². The first-order valence-electron chi connectivity index (χ1n) is 7.98. The van der Waals surface area contributed by atoms with Crippen molar-refractivity contribution in [2.24, 2.45) is 0 Å². The fourth-order valence-corrected chi connectivity index (χ4v) is 5.03. The molecule has 4 rings (SSSR count). The minimum Gasteiger partial charge on any atom is -0.497 e. The molecular formula is C20H16N2O2S2. The van der Waals surface area contributed by atoms with Gasteiger partial charge in [0, 0.05) is 33.0 Å². The molecule has 4 nitrogen and oxygen atoms in total. The summed E-state index contributed by atoms with van der Waals surface area (Å²) in [7, 11) is 6.65. The molecule has 4 aromatic rings. The summed E-state index contributed by atoms with van der Waals surface area (Å²) in [6, 6.07) is 16.0. The van der Waals surface area contributed by atoms with Crippen LogP contribution in [0.5, 0.6) is 11.5 Å². The van der Waals surface area contributed by atoms with E-state index >= 15 is 0 Å². The molecular weight excluding hydrogens is 364 g/mol. The molecule has 2 heterocycles. The Balaban J connectivity index is 1.74. The highest BCUT2D eigenvalue weighted by Crippen LogP contribution is 2.44. The van der Waals surface area contributed by atoms with E-state index in [-0.39, 0.29) is 0 Å². The summed E-state index contributed by atoms with van der Waals surface area (Å²) in [6.45, 7) is 0. The molecule has 0 bridgehead atoms.